The summed E-state index contributed by atoms with van der Waals surface area (Å²) in [4.78, 5) is 0. The molecule has 3 aromatic rings. The van der Waals surface area contributed by atoms with Crippen LogP contribution < -0.4 is 5.32 Å². The van der Waals surface area contributed by atoms with Crippen LogP contribution in [0.4, 0.5) is 10.2 Å². The standard InChI is InChI=1S/C20H22FN3O/c1-14-6-3-4-9-17(14)18-12-19(24(23-18)10-11-25)22-13-16-8-5-7-15(2)20(16)21/h3-9,12,22,25H,10-11,13H2,1-2H3. The van der Waals surface area contributed by atoms with Crippen LogP contribution in [0.3, 0.4) is 0 Å². The molecule has 5 heteroatoms. The highest BCUT2D eigenvalue weighted by Gasteiger charge is 2.12. The summed E-state index contributed by atoms with van der Waals surface area (Å²) in [7, 11) is 0. The molecule has 2 aromatic carbocycles. The number of aryl methyl sites for hydroxylation is 2. The van der Waals surface area contributed by atoms with Crippen molar-refractivity contribution in [2.75, 3.05) is 11.9 Å². The molecular weight excluding hydrogens is 317 g/mol. The van der Waals surface area contributed by atoms with Gasteiger partial charge in [0.1, 0.15) is 11.6 Å². The summed E-state index contributed by atoms with van der Waals surface area (Å²) in [5.41, 5.74) is 4.24. The minimum Gasteiger partial charge on any atom is -0.394 e. The zero-order chi connectivity index (χ0) is 17.8. The second kappa shape index (κ2) is 7.49. The van der Waals surface area contributed by atoms with Crippen LogP contribution in [-0.2, 0) is 13.1 Å². The molecule has 0 aliphatic rings. The van der Waals surface area contributed by atoms with E-state index in [1.165, 1.54) is 0 Å². The molecule has 0 aliphatic heterocycles. The van der Waals surface area contributed by atoms with E-state index in [9.17, 15) is 9.50 Å². The summed E-state index contributed by atoms with van der Waals surface area (Å²) in [6, 6.07) is 15.3. The SMILES string of the molecule is Cc1ccccc1-c1cc(NCc2cccc(C)c2F)n(CCO)n1. The minimum atomic E-state index is -0.192. The first-order valence-corrected chi connectivity index (χ1v) is 8.32. The average Bonchev–Trinajstić information content (AvgIpc) is 3.00. The van der Waals surface area contributed by atoms with Crippen molar-refractivity contribution in [3.8, 4) is 11.3 Å². The van der Waals surface area contributed by atoms with E-state index < -0.39 is 0 Å². The molecule has 25 heavy (non-hydrogen) atoms. The smallest absolute Gasteiger partial charge is 0.131 e. The first-order chi connectivity index (χ1) is 12.1. The summed E-state index contributed by atoms with van der Waals surface area (Å²) in [6.07, 6.45) is 0. The molecule has 0 spiro atoms. The molecule has 0 saturated carbocycles. The molecule has 0 radical (unpaired) electrons. The fourth-order valence-corrected chi connectivity index (χ4v) is 2.85. The lowest BCUT2D eigenvalue weighted by Gasteiger charge is -2.10. The van der Waals surface area contributed by atoms with Crippen molar-refractivity contribution in [3.05, 3.63) is 71.0 Å². The Labute approximate surface area is 146 Å². The van der Waals surface area contributed by atoms with Crippen LogP contribution in [0.5, 0.6) is 0 Å². The maximum absolute atomic E-state index is 14.2. The Morgan fingerprint density at radius 2 is 1.84 bits per heavy atom. The molecule has 0 amide bonds. The van der Waals surface area contributed by atoms with Gasteiger partial charge in [-0.15, -0.1) is 0 Å². The quantitative estimate of drug-likeness (QED) is 0.716. The molecule has 4 nitrogen and oxygen atoms in total. The van der Waals surface area contributed by atoms with Crippen LogP contribution in [-0.4, -0.2) is 21.5 Å². The number of anilines is 1. The zero-order valence-corrected chi connectivity index (χ0v) is 14.5. The first kappa shape index (κ1) is 17.2. The van der Waals surface area contributed by atoms with Gasteiger partial charge in [0.25, 0.3) is 0 Å². The van der Waals surface area contributed by atoms with Gasteiger partial charge in [-0.2, -0.15) is 5.10 Å². The lowest BCUT2D eigenvalue weighted by atomic mass is 10.1. The van der Waals surface area contributed by atoms with Gasteiger partial charge in [0.2, 0.25) is 0 Å². The van der Waals surface area contributed by atoms with E-state index in [2.05, 4.69) is 10.4 Å². The third-order valence-corrected chi connectivity index (χ3v) is 4.24. The number of hydrogen-bond donors (Lipinski definition) is 2. The number of nitrogens with one attached hydrogen (secondary N) is 1. The number of aromatic nitrogens is 2. The molecule has 2 N–H and O–H groups in total. The molecule has 0 unspecified atom stereocenters. The van der Waals surface area contributed by atoms with Crippen LogP contribution in [0.25, 0.3) is 11.3 Å². The van der Waals surface area contributed by atoms with Crippen LogP contribution >= 0.6 is 0 Å². The van der Waals surface area contributed by atoms with Crippen LogP contribution in [0.15, 0.2) is 48.5 Å². The highest BCUT2D eigenvalue weighted by molar-refractivity contribution is 5.66. The van der Waals surface area contributed by atoms with Gasteiger partial charge in [-0.1, -0.05) is 42.5 Å². The number of aliphatic hydroxyl groups excluding tert-OH is 1. The number of rotatable bonds is 6. The third-order valence-electron chi connectivity index (χ3n) is 4.24. The van der Waals surface area contributed by atoms with Crippen molar-refractivity contribution in [1.82, 2.24) is 9.78 Å². The van der Waals surface area contributed by atoms with Crippen molar-refractivity contribution >= 4 is 5.82 Å². The minimum absolute atomic E-state index is 0.0115. The van der Waals surface area contributed by atoms with Crippen molar-refractivity contribution in [2.45, 2.75) is 26.9 Å². The van der Waals surface area contributed by atoms with Crippen molar-refractivity contribution in [3.63, 3.8) is 0 Å². The summed E-state index contributed by atoms with van der Waals surface area (Å²) in [5, 5.41) is 17.1. The monoisotopic (exact) mass is 339 g/mol. The van der Waals surface area contributed by atoms with E-state index in [0.717, 1.165) is 22.6 Å². The molecule has 0 atom stereocenters. The fraction of sp³-hybridized carbons (Fsp3) is 0.250. The summed E-state index contributed by atoms with van der Waals surface area (Å²) in [6.45, 7) is 4.52. The first-order valence-electron chi connectivity index (χ1n) is 8.32. The predicted molar refractivity (Wildman–Crippen MR) is 97.9 cm³/mol. The normalized spacial score (nSPS) is 10.9. The van der Waals surface area contributed by atoms with E-state index in [4.69, 9.17) is 0 Å². The Bertz CT molecular complexity index is 873. The Morgan fingerprint density at radius 3 is 2.60 bits per heavy atom. The van der Waals surface area contributed by atoms with E-state index >= 15 is 0 Å². The lowest BCUT2D eigenvalue weighted by Crippen LogP contribution is -2.11. The summed E-state index contributed by atoms with van der Waals surface area (Å²) < 4.78 is 15.9. The van der Waals surface area contributed by atoms with E-state index in [1.807, 2.05) is 43.3 Å². The third kappa shape index (κ3) is 3.72. The average molecular weight is 339 g/mol. The summed E-state index contributed by atoms with van der Waals surface area (Å²) >= 11 is 0. The van der Waals surface area contributed by atoms with Gasteiger partial charge in [-0.05, 0) is 25.0 Å². The Kier molecular flexibility index (Phi) is 5.14. The molecule has 0 fully saturated rings. The Morgan fingerprint density at radius 1 is 1.08 bits per heavy atom. The Hall–Kier alpha value is -2.66. The molecule has 1 aromatic heterocycles. The molecule has 0 aliphatic carbocycles. The maximum Gasteiger partial charge on any atom is 0.131 e. The number of hydrogen-bond acceptors (Lipinski definition) is 3. The Balaban J connectivity index is 1.87. The highest BCUT2D eigenvalue weighted by atomic mass is 19.1. The van der Waals surface area contributed by atoms with Crippen LogP contribution in [0.1, 0.15) is 16.7 Å². The van der Waals surface area contributed by atoms with Gasteiger partial charge in [0.15, 0.2) is 0 Å². The number of benzene rings is 2. The van der Waals surface area contributed by atoms with Crippen molar-refractivity contribution in [1.29, 1.82) is 0 Å². The number of nitrogens with zero attached hydrogens (tertiary/aromatic N) is 2. The zero-order valence-electron chi connectivity index (χ0n) is 14.5. The van der Waals surface area contributed by atoms with Gasteiger partial charge in [0, 0.05) is 23.7 Å². The van der Waals surface area contributed by atoms with Crippen LogP contribution in [0, 0.1) is 19.7 Å². The summed E-state index contributed by atoms with van der Waals surface area (Å²) in [5.74, 6) is 0.565. The fourth-order valence-electron chi connectivity index (χ4n) is 2.85. The van der Waals surface area contributed by atoms with Gasteiger partial charge in [-0.3, -0.25) is 0 Å². The van der Waals surface area contributed by atoms with Crippen molar-refractivity contribution < 1.29 is 9.50 Å². The predicted octanol–water partition coefficient (Wildman–Crippen LogP) is 3.91. The topological polar surface area (TPSA) is 50.1 Å². The number of aliphatic hydroxyl groups is 1. The van der Waals surface area contributed by atoms with E-state index in [1.54, 1.807) is 23.7 Å². The van der Waals surface area contributed by atoms with Gasteiger partial charge in [0.05, 0.1) is 18.8 Å². The largest absolute Gasteiger partial charge is 0.394 e. The molecule has 3 rings (SSSR count). The maximum atomic E-state index is 14.2. The van der Waals surface area contributed by atoms with Gasteiger partial charge >= 0.3 is 0 Å². The molecular formula is C20H22FN3O. The molecule has 1 heterocycles. The van der Waals surface area contributed by atoms with E-state index in [-0.39, 0.29) is 12.4 Å². The molecule has 0 bridgehead atoms. The number of halogens is 1. The van der Waals surface area contributed by atoms with Gasteiger partial charge in [-0.25, -0.2) is 9.07 Å². The van der Waals surface area contributed by atoms with Crippen LogP contribution in [0.2, 0.25) is 0 Å². The van der Waals surface area contributed by atoms with E-state index in [0.29, 0.717) is 24.2 Å². The van der Waals surface area contributed by atoms with Gasteiger partial charge < -0.3 is 10.4 Å². The molecule has 130 valence electrons. The second-order valence-electron chi connectivity index (χ2n) is 6.08. The lowest BCUT2D eigenvalue weighted by molar-refractivity contribution is 0.270. The van der Waals surface area contributed by atoms with Crippen molar-refractivity contribution in [2.24, 2.45) is 0 Å². The molecule has 0 saturated heterocycles. The second-order valence-corrected chi connectivity index (χ2v) is 6.08. The highest BCUT2D eigenvalue weighted by Crippen LogP contribution is 2.25.